The van der Waals surface area contributed by atoms with Gasteiger partial charge in [0.1, 0.15) is 5.70 Å². The molecule has 0 saturated carbocycles. The summed E-state index contributed by atoms with van der Waals surface area (Å²) in [7, 11) is 2.40. The third-order valence-corrected chi connectivity index (χ3v) is 3.47. The van der Waals surface area contributed by atoms with Crippen molar-refractivity contribution in [1.82, 2.24) is 10.3 Å². The zero-order valence-electron chi connectivity index (χ0n) is 14.9. The van der Waals surface area contributed by atoms with Gasteiger partial charge in [0.15, 0.2) is 0 Å². The Hall–Kier alpha value is -3.68. The lowest BCUT2D eigenvalue weighted by molar-refractivity contribution is -0.138. The number of esters is 2. The van der Waals surface area contributed by atoms with Gasteiger partial charge in [-0.05, 0) is 35.9 Å². The van der Waals surface area contributed by atoms with Crippen LogP contribution in [0.25, 0.3) is 0 Å². The van der Waals surface area contributed by atoms with Crippen LogP contribution in [-0.4, -0.2) is 37.0 Å². The van der Waals surface area contributed by atoms with Gasteiger partial charge in [-0.15, -0.1) is 0 Å². The Morgan fingerprint density at radius 2 is 1.81 bits per heavy atom. The van der Waals surface area contributed by atoms with Gasteiger partial charge >= 0.3 is 11.9 Å². The second-order valence-electron chi connectivity index (χ2n) is 5.32. The van der Waals surface area contributed by atoms with E-state index in [1.807, 2.05) is 6.07 Å². The third kappa shape index (κ3) is 5.96. The van der Waals surface area contributed by atoms with Crippen molar-refractivity contribution in [2.24, 2.45) is 0 Å². The molecule has 27 heavy (non-hydrogen) atoms. The Balaban J connectivity index is 2.02. The first-order valence-corrected chi connectivity index (χ1v) is 7.95. The molecule has 1 aromatic carbocycles. The number of nitrogens with one attached hydrogen (secondary N) is 2. The predicted molar refractivity (Wildman–Crippen MR) is 97.6 cm³/mol. The third-order valence-electron chi connectivity index (χ3n) is 3.47. The molecule has 0 fully saturated rings. The highest BCUT2D eigenvalue weighted by atomic mass is 16.5. The molecule has 0 bridgehead atoms. The van der Waals surface area contributed by atoms with Gasteiger partial charge in [0, 0.05) is 30.2 Å². The van der Waals surface area contributed by atoms with Crippen molar-refractivity contribution in [2.75, 3.05) is 19.5 Å². The van der Waals surface area contributed by atoms with Crippen molar-refractivity contribution in [3.63, 3.8) is 0 Å². The summed E-state index contributed by atoms with van der Waals surface area (Å²) < 4.78 is 9.13. The number of amides is 1. The van der Waals surface area contributed by atoms with Crippen LogP contribution < -0.4 is 10.6 Å². The number of hydrogen-bond acceptors (Lipinski definition) is 7. The predicted octanol–water partition coefficient (Wildman–Crippen LogP) is 1.65. The summed E-state index contributed by atoms with van der Waals surface area (Å²) in [5.74, 6) is -1.67. The molecule has 2 N–H and O–H groups in total. The van der Waals surface area contributed by atoms with E-state index < -0.39 is 11.9 Å². The fourth-order valence-electron chi connectivity index (χ4n) is 2.08. The van der Waals surface area contributed by atoms with E-state index in [4.69, 9.17) is 0 Å². The highest BCUT2D eigenvalue weighted by Gasteiger charge is 2.13. The maximum Gasteiger partial charge on any atom is 0.354 e. The Labute approximate surface area is 156 Å². The van der Waals surface area contributed by atoms with Crippen LogP contribution in [0, 0.1) is 0 Å². The SMILES string of the molecule is COC(=O)/C=C(/Nc1ccc(C(=O)NCc2cccnc2)cc1)C(=O)OC. The largest absolute Gasteiger partial charge is 0.466 e. The minimum Gasteiger partial charge on any atom is -0.466 e. The van der Waals surface area contributed by atoms with Gasteiger partial charge in [0.25, 0.3) is 5.91 Å². The van der Waals surface area contributed by atoms with E-state index in [2.05, 4.69) is 25.1 Å². The second-order valence-corrected chi connectivity index (χ2v) is 5.32. The molecule has 0 atom stereocenters. The number of carbonyl (C=O) groups excluding carboxylic acids is 3. The molecule has 2 rings (SSSR count). The number of anilines is 1. The molecule has 0 spiro atoms. The van der Waals surface area contributed by atoms with E-state index >= 15 is 0 Å². The lowest BCUT2D eigenvalue weighted by atomic mass is 10.2. The van der Waals surface area contributed by atoms with Crippen LogP contribution in [0.2, 0.25) is 0 Å². The summed E-state index contributed by atoms with van der Waals surface area (Å²) >= 11 is 0. The molecule has 2 aromatic rings. The zero-order valence-corrected chi connectivity index (χ0v) is 14.9. The smallest absolute Gasteiger partial charge is 0.354 e. The molecule has 0 unspecified atom stereocenters. The number of pyridine rings is 1. The van der Waals surface area contributed by atoms with E-state index in [0.717, 1.165) is 11.6 Å². The lowest BCUT2D eigenvalue weighted by Crippen LogP contribution is -2.22. The molecule has 0 saturated heterocycles. The van der Waals surface area contributed by atoms with E-state index in [0.29, 0.717) is 17.8 Å². The van der Waals surface area contributed by atoms with Crippen molar-refractivity contribution >= 4 is 23.5 Å². The Bertz CT molecular complexity index is 832. The number of methoxy groups -OCH3 is 2. The molecular formula is C19H19N3O5. The molecule has 0 aliphatic carbocycles. The average Bonchev–Trinajstić information content (AvgIpc) is 2.72. The van der Waals surface area contributed by atoms with Crippen LogP contribution >= 0.6 is 0 Å². The Morgan fingerprint density at radius 3 is 2.41 bits per heavy atom. The summed E-state index contributed by atoms with van der Waals surface area (Å²) in [6, 6.07) is 10.0. The van der Waals surface area contributed by atoms with E-state index in [9.17, 15) is 14.4 Å². The van der Waals surface area contributed by atoms with Crippen molar-refractivity contribution in [2.45, 2.75) is 6.54 Å². The van der Waals surface area contributed by atoms with E-state index in [1.165, 1.54) is 14.2 Å². The Morgan fingerprint density at radius 1 is 1.07 bits per heavy atom. The maximum absolute atomic E-state index is 12.2. The average molecular weight is 369 g/mol. The van der Waals surface area contributed by atoms with Crippen molar-refractivity contribution in [3.8, 4) is 0 Å². The monoisotopic (exact) mass is 369 g/mol. The minimum absolute atomic E-state index is 0.0851. The number of rotatable bonds is 7. The molecule has 0 aliphatic heterocycles. The van der Waals surface area contributed by atoms with Gasteiger partial charge in [-0.2, -0.15) is 0 Å². The quantitative estimate of drug-likeness (QED) is 0.564. The molecule has 1 aromatic heterocycles. The molecule has 140 valence electrons. The van der Waals surface area contributed by atoms with Crippen LogP contribution in [0.5, 0.6) is 0 Å². The lowest BCUT2D eigenvalue weighted by Gasteiger charge is -2.10. The van der Waals surface area contributed by atoms with E-state index in [1.54, 1.807) is 42.7 Å². The molecule has 0 radical (unpaired) electrons. The van der Waals surface area contributed by atoms with E-state index in [-0.39, 0.29) is 11.6 Å². The van der Waals surface area contributed by atoms with Crippen LogP contribution in [0.4, 0.5) is 5.69 Å². The number of carbonyl (C=O) groups is 3. The second kappa shape index (κ2) is 9.71. The summed E-state index contributed by atoms with van der Waals surface area (Å²) in [5.41, 5.74) is 1.75. The van der Waals surface area contributed by atoms with Gasteiger partial charge in [-0.25, -0.2) is 9.59 Å². The maximum atomic E-state index is 12.2. The van der Waals surface area contributed by atoms with Crippen molar-refractivity contribution in [1.29, 1.82) is 0 Å². The van der Waals surface area contributed by atoms with Gasteiger partial charge < -0.3 is 20.1 Å². The van der Waals surface area contributed by atoms with Gasteiger partial charge in [-0.3, -0.25) is 9.78 Å². The summed E-state index contributed by atoms with van der Waals surface area (Å²) in [5, 5.41) is 5.56. The minimum atomic E-state index is -0.723. The number of aromatic nitrogens is 1. The number of hydrogen-bond donors (Lipinski definition) is 2. The molecule has 8 heteroatoms. The summed E-state index contributed by atoms with van der Waals surface area (Å²) in [6.07, 6.45) is 4.32. The first-order valence-electron chi connectivity index (χ1n) is 7.95. The highest BCUT2D eigenvalue weighted by Crippen LogP contribution is 2.13. The van der Waals surface area contributed by atoms with Gasteiger partial charge in [0.2, 0.25) is 0 Å². The molecule has 0 aliphatic rings. The van der Waals surface area contributed by atoms with Crippen LogP contribution in [-0.2, 0) is 25.6 Å². The molecular weight excluding hydrogens is 350 g/mol. The van der Waals surface area contributed by atoms with Crippen molar-refractivity contribution in [3.05, 3.63) is 71.7 Å². The first-order chi connectivity index (χ1) is 13.0. The summed E-state index contributed by atoms with van der Waals surface area (Å²) in [6.45, 7) is 0.362. The van der Waals surface area contributed by atoms with Crippen LogP contribution in [0.15, 0.2) is 60.6 Å². The Kier molecular flexibility index (Phi) is 7.07. The fraction of sp³-hybridized carbons (Fsp3) is 0.158. The number of benzene rings is 1. The van der Waals surface area contributed by atoms with Crippen LogP contribution in [0.3, 0.4) is 0 Å². The summed E-state index contributed by atoms with van der Waals surface area (Å²) in [4.78, 5) is 39.3. The van der Waals surface area contributed by atoms with Crippen molar-refractivity contribution < 1.29 is 23.9 Å². The highest BCUT2D eigenvalue weighted by molar-refractivity contribution is 5.99. The van der Waals surface area contributed by atoms with Gasteiger partial charge in [-0.1, -0.05) is 6.07 Å². The molecule has 8 nitrogen and oxygen atoms in total. The molecule has 1 heterocycles. The standard InChI is InChI=1S/C19H19N3O5/c1-26-17(23)10-16(19(25)27-2)22-15-7-5-14(6-8-15)18(24)21-12-13-4-3-9-20-11-13/h3-11,22H,12H2,1-2H3,(H,21,24)/b16-10+. The first kappa shape index (κ1) is 19.6. The van der Waals surface area contributed by atoms with Gasteiger partial charge in [0.05, 0.1) is 20.3 Å². The topological polar surface area (TPSA) is 107 Å². The molecule has 1 amide bonds. The van der Waals surface area contributed by atoms with Crippen LogP contribution in [0.1, 0.15) is 15.9 Å². The zero-order chi connectivity index (χ0) is 19.6. The normalized spacial score (nSPS) is 10.7. The fourth-order valence-corrected chi connectivity index (χ4v) is 2.08. The number of ether oxygens (including phenoxy) is 2. The number of nitrogens with zero attached hydrogens (tertiary/aromatic N) is 1.